The van der Waals surface area contributed by atoms with Crippen molar-refractivity contribution >= 4 is 5.91 Å². The minimum absolute atomic E-state index is 0.123. The molecular weight excluding hydrogens is 242 g/mol. The third-order valence-corrected chi connectivity index (χ3v) is 3.96. The van der Waals surface area contributed by atoms with Crippen molar-refractivity contribution in [1.82, 2.24) is 5.32 Å². The van der Waals surface area contributed by atoms with E-state index in [0.29, 0.717) is 23.9 Å². The Labute approximate surface area is 113 Å². The standard InChI is InChI=1S/C15H21NO3/c17-10-13-4-2-1-3-12(13)9-16-15(19)11-5-7-14(18)8-6-11/h5-8,12-13,17-18H,1-4,9-10H2,(H,16,19). The molecule has 1 fully saturated rings. The highest BCUT2D eigenvalue weighted by molar-refractivity contribution is 5.94. The van der Waals surface area contributed by atoms with E-state index in [0.717, 1.165) is 12.8 Å². The molecule has 2 unspecified atom stereocenters. The predicted molar refractivity (Wildman–Crippen MR) is 73.0 cm³/mol. The highest BCUT2D eigenvalue weighted by Crippen LogP contribution is 2.29. The van der Waals surface area contributed by atoms with Crippen LogP contribution in [0, 0.1) is 11.8 Å². The van der Waals surface area contributed by atoms with Gasteiger partial charge in [0, 0.05) is 18.7 Å². The molecule has 1 amide bonds. The predicted octanol–water partition coefficient (Wildman–Crippen LogP) is 1.92. The molecule has 1 aromatic carbocycles. The first-order valence-electron chi connectivity index (χ1n) is 6.89. The molecule has 0 bridgehead atoms. The first-order valence-corrected chi connectivity index (χ1v) is 6.89. The zero-order chi connectivity index (χ0) is 13.7. The number of aliphatic hydroxyl groups is 1. The fraction of sp³-hybridized carbons (Fsp3) is 0.533. The summed E-state index contributed by atoms with van der Waals surface area (Å²) in [7, 11) is 0. The lowest BCUT2D eigenvalue weighted by Gasteiger charge is -2.30. The summed E-state index contributed by atoms with van der Waals surface area (Å²) in [5.41, 5.74) is 0.550. The van der Waals surface area contributed by atoms with E-state index in [1.54, 1.807) is 12.1 Å². The van der Waals surface area contributed by atoms with Gasteiger partial charge in [-0.1, -0.05) is 12.8 Å². The van der Waals surface area contributed by atoms with Crippen LogP contribution in [0.25, 0.3) is 0 Å². The van der Waals surface area contributed by atoms with E-state index in [9.17, 15) is 15.0 Å². The molecule has 1 saturated carbocycles. The minimum atomic E-state index is -0.123. The zero-order valence-corrected chi connectivity index (χ0v) is 11.0. The second-order valence-electron chi connectivity index (χ2n) is 5.24. The lowest BCUT2D eigenvalue weighted by atomic mass is 9.79. The molecule has 3 N–H and O–H groups in total. The Morgan fingerprint density at radius 3 is 2.42 bits per heavy atom. The van der Waals surface area contributed by atoms with Crippen molar-refractivity contribution < 1.29 is 15.0 Å². The maximum Gasteiger partial charge on any atom is 0.251 e. The smallest absolute Gasteiger partial charge is 0.251 e. The molecule has 0 aliphatic heterocycles. The third kappa shape index (κ3) is 3.70. The number of carbonyl (C=O) groups is 1. The van der Waals surface area contributed by atoms with Crippen LogP contribution in [-0.4, -0.2) is 29.3 Å². The Balaban J connectivity index is 1.87. The second kappa shape index (κ2) is 6.57. The number of hydrogen-bond acceptors (Lipinski definition) is 3. The summed E-state index contributed by atoms with van der Waals surface area (Å²) in [6.07, 6.45) is 4.47. The molecular formula is C15H21NO3. The Morgan fingerprint density at radius 1 is 1.16 bits per heavy atom. The zero-order valence-electron chi connectivity index (χ0n) is 11.0. The summed E-state index contributed by atoms with van der Waals surface area (Å²) < 4.78 is 0. The molecule has 4 heteroatoms. The van der Waals surface area contributed by atoms with Gasteiger partial charge in [0.05, 0.1) is 0 Å². The largest absolute Gasteiger partial charge is 0.508 e. The topological polar surface area (TPSA) is 69.6 Å². The van der Waals surface area contributed by atoms with E-state index >= 15 is 0 Å². The van der Waals surface area contributed by atoms with Crippen molar-refractivity contribution in [3.05, 3.63) is 29.8 Å². The Kier molecular flexibility index (Phi) is 4.80. The van der Waals surface area contributed by atoms with E-state index in [2.05, 4.69) is 5.32 Å². The van der Waals surface area contributed by atoms with Crippen molar-refractivity contribution in [2.24, 2.45) is 11.8 Å². The summed E-state index contributed by atoms with van der Waals surface area (Å²) in [5, 5.41) is 21.4. The van der Waals surface area contributed by atoms with Gasteiger partial charge in [0.15, 0.2) is 0 Å². The van der Waals surface area contributed by atoms with Gasteiger partial charge in [0.1, 0.15) is 5.75 Å². The van der Waals surface area contributed by atoms with Gasteiger partial charge >= 0.3 is 0 Å². The third-order valence-electron chi connectivity index (χ3n) is 3.96. The van der Waals surface area contributed by atoms with Crippen molar-refractivity contribution in [3.63, 3.8) is 0 Å². The highest BCUT2D eigenvalue weighted by atomic mass is 16.3. The van der Waals surface area contributed by atoms with Gasteiger partial charge in [0.25, 0.3) is 5.91 Å². The molecule has 0 radical (unpaired) electrons. The van der Waals surface area contributed by atoms with Gasteiger partial charge in [-0.25, -0.2) is 0 Å². The van der Waals surface area contributed by atoms with E-state index in [1.807, 2.05) is 0 Å². The highest BCUT2D eigenvalue weighted by Gasteiger charge is 2.24. The number of hydrogen-bond donors (Lipinski definition) is 3. The molecule has 1 aliphatic rings. The van der Waals surface area contributed by atoms with Crippen LogP contribution in [0.5, 0.6) is 5.75 Å². The SMILES string of the molecule is O=C(NCC1CCCCC1CO)c1ccc(O)cc1. The first-order chi connectivity index (χ1) is 9.20. The number of nitrogens with one attached hydrogen (secondary N) is 1. The summed E-state index contributed by atoms with van der Waals surface area (Å²) in [6, 6.07) is 6.22. The van der Waals surface area contributed by atoms with Crippen molar-refractivity contribution in [2.45, 2.75) is 25.7 Å². The molecule has 19 heavy (non-hydrogen) atoms. The number of aliphatic hydroxyl groups excluding tert-OH is 1. The number of phenols is 1. The van der Waals surface area contributed by atoms with E-state index in [4.69, 9.17) is 0 Å². The number of aromatic hydroxyl groups is 1. The minimum Gasteiger partial charge on any atom is -0.508 e. The van der Waals surface area contributed by atoms with Crippen LogP contribution >= 0.6 is 0 Å². The van der Waals surface area contributed by atoms with Crippen molar-refractivity contribution in [3.8, 4) is 5.75 Å². The number of amides is 1. The quantitative estimate of drug-likeness (QED) is 0.777. The number of phenolic OH excluding ortho intramolecular Hbond substituents is 1. The molecule has 0 aromatic heterocycles. The van der Waals surface area contributed by atoms with Crippen molar-refractivity contribution in [2.75, 3.05) is 13.2 Å². The monoisotopic (exact) mass is 263 g/mol. The molecule has 0 heterocycles. The molecule has 0 saturated heterocycles. The van der Waals surface area contributed by atoms with Gasteiger partial charge in [-0.05, 0) is 48.9 Å². The lowest BCUT2D eigenvalue weighted by molar-refractivity contribution is 0.0909. The number of carbonyl (C=O) groups excluding carboxylic acids is 1. The average Bonchev–Trinajstić information content (AvgIpc) is 2.45. The van der Waals surface area contributed by atoms with Crippen LogP contribution in [-0.2, 0) is 0 Å². The first kappa shape index (κ1) is 13.9. The Morgan fingerprint density at radius 2 is 1.79 bits per heavy atom. The lowest BCUT2D eigenvalue weighted by Crippen LogP contribution is -2.35. The van der Waals surface area contributed by atoms with E-state index < -0.39 is 0 Å². The van der Waals surface area contributed by atoms with Crippen LogP contribution in [0.4, 0.5) is 0 Å². The van der Waals surface area contributed by atoms with E-state index in [1.165, 1.54) is 25.0 Å². The maximum absolute atomic E-state index is 11.9. The fourth-order valence-electron chi connectivity index (χ4n) is 2.73. The second-order valence-corrected chi connectivity index (χ2v) is 5.24. The van der Waals surface area contributed by atoms with Gasteiger partial charge in [0.2, 0.25) is 0 Å². The summed E-state index contributed by atoms with van der Waals surface area (Å²) in [6.45, 7) is 0.824. The number of benzene rings is 1. The Bertz CT molecular complexity index is 416. The van der Waals surface area contributed by atoms with Crippen LogP contribution in [0.2, 0.25) is 0 Å². The molecule has 104 valence electrons. The molecule has 2 rings (SSSR count). The summed E-state index contributed by atoms with van der Waals surface area (Å²) in [5.74, 6) is 0.722. The number of rotatable bonds is 4. The van der Waals surface area contributed by atoms with Crippen LogP contribution in [0.3, 0.4) is 0 Å². The van der Waals surface area contributed by atoms with Crippen LogP contribution in [0.1, 0.15) is 36.0 Å². The normalized spacial score (nSPS) is 23.0. The van der Waals surface area contributed by atoms with Crippen LogP contribution < -0.4 is 5.32 Å². The maximum atomic E-state index is 11.9. The summed E-state index contributed by atoms with van der Waals surface area (Å²) >= 11 is 0. The van der Waals surface area contributed by atoms with Gasteiger partial charge < -0.3 is 15.5 Å². The molecule has 1 aromatic rings. The van der Waals surface area contributed by atoms with Gasteiger partial charge in [-0.3, -0.25) is 4.79 Å². The molecule has 4 nitrogen and oxygen atoms in total. The summed E-state index contributed by atoms with van der Waals surface area (Å²) in [4.78, 5) is 11.9. The molecule has 0 spiro atoms. The Hall–Kier alpha value is -1.55. The molecule has 1 aliphatic carbocycles. The molecule has 2 atom stereocenters. The van der Waals surface area contributed by atoms with Gasteiger partial charge in [-0.2, -0.15) is 0 Å². The van der Waals surface area contributed by atoms with Gasteiger partial charge in [-0.15, -0.1) is 0 Å². The fourth-order valence-corrected chi connectivity index (χ4v) is 2.73. The van der Waals surface area contributed by atoms with E-state index in [-0.39, 0.29) is 18.3 Å². The average molecular weight is 263 g/mol. The van der Waals surface area contributed by atoms with Crippen LogP contribution in [0.15, 0.2) is 24.3 Å². The van der Waals surface area contributed by atoms with Crippen molar-refractivity contribution in [1.29, 1.82) is 0 Å².